The van der Waals surface area contributed by atoms with Crippen molar-refractivity contribution in [2.24, 2.45) is 0 Å². The van der Waals surface area contributed by atoms with Crippen molar-refractivity contribution in [1.29, 1.82) is 0 Å². The Morgan fingerprint density at radius 1 is 1.24 bits per heavy atom. The molecule has 5 nitrogen and oxygen atoms in total. The summed E-state index contributed by atoms with van der Waals surface area (Å²) in [5, 5.41) is 4.91. The molecule has 112 valence electrons. The quantitative estimate of drug-likeness (QED) is 0.917. The summed E-state index contributed by atoms with van der Waals surface area (Å²) < 4.78 is 24.2. The van der Waals surface area contributed by atoms with E-state index in [1.807, 2.05) is 19.2 Å². The molecule has 0 atom stereocenters. The van der Waals surface area contributed by atoms with Gasteiger partial charge in [-0.05, 0) is 26.0 Å². The maximum Gasteiger partial charge on any atom is 0.227 e. The van der Waals surface area contributed by atoms with E-state index >= 15 is 0 Å². The third kappa shape index (κ3) is 4.37. The number of sulfone groups is 1. The normalized spacial score (nSPS) is 11.3. The Balaban J connectivity index is 1.95. The van der Waals surface area contributed by atoms with Gasteiger partial charge in [0, 0.05) is 11.8 Å². The van der Waals surface area contributed by atoms with Crippen molar-refractivity contribution in [3.05, 3.63) is 40.9 Å². The molecule has 0 radical (unpaired) electrons. The van der Waals surface area contributed by atoms with Gasteiger partial charge in [-0.3, -0.25) is 4.79 Å². The van der Waals surface area contributed by atoms with E-state index in [9.17, 15) is 13.2 Å². The van der Waals surface area contributed by atoms with Gasteiger partial charge in [-0.25, -0.2) is 13.4 Å². The van der Waals surface area contributed by atoms with Crippen LogP contribution >= 0.6 is 11.3 Å². The van der Waals surface area contributed by atoms with Crippen molar-refractivity contribution < 1.29 is 13.2 Å². The molecular weight excluding hydrogens is 308 g/mol. The zero-order chi connectivity index (χ0) is 15.5. The fraction of sp³-hybridized carbons (Fsp3) is 0.286. The van der Waals surface area contributed by atoms with Crippen LogP contribution in [-0.2, 0) is 14.6 Å². The average Bonchev–Trinajstić information content (AvgIpc) is 2.82. The van der Waals surface area contributed by atoms with Gasteiger partial charge in [-0.15, -0.1) is 11.3 Å². The van der Waals surface area contributed by atoms with Crippen LogP contribution in [-0.4, -0.2) is 25.1 Å². The highest BCUT2D eigenvalue weighted by atomic mass is 32.2. The second-order valence-electron chi connectivity index (χ2n) is 4.72. The molecule has 0 spiro atoms. The number of nitrogens with zero attached hydrogens (tertiary/aromatic N) is 1. The number of aromatic nitrogens is 1. The van der Waals surface area contributed by atoms with Crippen molar-refractivity contribution in [2.75, 3.05) is 11.1 Å². The maximum atomic E-state index is 12.1. The van der Waals surface area contributed by atoms with Gasteiger partial charge in [0.1, 0.15) is 0 Å². The number of rotatable bonds is 5. The number of thiazole rings is 1. The van der Waals surface area contributed by atoms with Gasteiger partial charge in [0.2, 0.25) is 5.91 Å². The van der Waals surface area contributed by atoms with Crippen molar-refractivity contribution in [1.82, 2.24) is 4.98 Å². The van der Waals surface area contributed by atoms with E-state index in [-0.39, 0.29) is 23.0 Å². The Hall–Kier alpha value is -1.73. The topological polar surface area (TPSA) is 76.1 Å². The molecule has 1 heterocycles. The lowest BCUT2D eigenvalue weighted by Crippen LogP contribution is -2.17. The second-order valence-corrected chi connectivity index (χ2v) is 7.69. The van der Waals surface area contributed by atoms with Crippen LogP contribution in [0.2, 0.25) is 0 Å². The molecule has 0 saturated heterocycles. The van der Waals surface area contributed by atoms with Gasteiger partial charge >= 0.3 is 0 Å². The Morgan fingerprint density at radius 3 is 2.48 bits per heavy atom. The van der Waals surface area contributed by atoms with E-state index in [0.29, 0.717) is 5.13 Å². The fourth-order valence-electron chi connectivity index (χ4n) is 1.68. The molecule has 0 bridgehead atoms. The van der Waals surface area contributed by atoms with Crippen molar-refractivity contribution in [3.8, 4) is 0 Å². The first kappa shape index (κ1) is 15.7. The van der Waals surface area contributed by atoms with Gasteiger partial charge in [-0.2, -0.15) is 0 Å². The molecule has 0 aliphatic carbocycles. The van der Waals surface area contributed by atoms with E-state index in [2.05, 4.69) is 10.3 Å². The van der Waals surface area contributed by atoms with Crippen LogP contribution in [0, 0.1) is 13.8 Å². The molecule has 1 N–H and O–H groups in total. The molecule has 1 aromatic carbocycles. The van der Waals surface area contributed by atoms with E-state index in [1.165, 1.54) is 11.3 Å². The summed E-state index contributed by atoms with van der Waals surface area (Å²) in [4.78, 5) is 16.1. The Bertz CT molecular complexity index is 734. The SMILES string of the molecule is Cc1ccc(S(=O)(=O)CCC(=O)Nc2nc(C)cs2)cc1. The van der Waals surface area contributed by atoms with Crippen LogP contribution in [0.3, 0.4) is 0 Å². The molecule has 2 rings (SSSR count). The van der Waals surface area contributed by atoms with Crippen LogP contribution in [0.5, 0.6) is 0 Å². The molecule has 2 aromatic rings. The van der Waals surface area contributed by atoms with Crippen LogP contribution < -0.4 is 5.32 Å². The zero-order valence-electron chi connectivity index (χ0n) is 11.8. The lowest BCUT2D eigenvalue weighted by atomic mass is 10.2. The fourth-order valence-corrected chi connectivity index (χ4v) is 3.63. The minimum atomic E-state index is -3.44. The summed E-state index contributed by atoms with van der Waals surface area (Å²) in [7, 11) is -3.44. The molecule has 1 amide bonds. The van der Waals surface area contributed by atoms with Crippen molar-refractivity contribution in [3.63, 3.8) is 0 Å². The highest BCUT2D eigenvalue weighted by Crippen LogP contribution is 2.16. The third-order valence-electron chi connectivity index (χ3n) is 2.84. The molecule has 0 unspecified atom stereocenters. The smallest absolute Gasteiger partial charge is 0.227 e. The number of benzene rings is 1. The van der Waals surface area contributed by atoms with E-state index in [1.54, 1.807) is 24.3 Å². The Labute approximate surface area is 128 Å². The van der Waals surface area contributed by atoms with Gasteiger partial charge in [0.05, 0.1) is 16.3 Å². The first-order valence-electron chi connectivity index (χ1n) is 6.38. The van der Waals surface area contributed by atoms with E-state index in [0.717, 1.165) is 11.3 Å². The lowest BCUT2D eigenvalue weighted by Gasteiger charge is -2.05. The summed E-state index contributed by atoms with van der Waals surface area (Å²) >= 11 is 1.32. The lowest BCUT2D eigenvalue weighted by molar-refractivity contribution is -0.115. The summed E-state index contributed by atoms with van der Waals surface area (Å²) in [5.74, 6) is -0.563. The number of hydrogen-bond acceptors (Lipinski definition) is 5. The predicted molar refractivity (Wildman–Crippen MR) is 83.3 cm³/mol. The molecule has 0 fully saturated rings. The van der Waals surface area contributed by atoms with Gasteiger partial charge < -0.3 is 5.32 Å². The van der Waals surface area contributed by atoms with Crippen molar-refractivity contribution in [2.45, 2.75) is 25.2 Å². The van der Waals surface area contributed by atoms with Gasteiger partial charge in [-0.1, -0.05) is 17.7 Å². The first-order valence-corrected chi connectivity index (χ1v) is 8.91. The molecule has 1 aromatic heterocycles. The third-order valence-corrected chi connectivity index (χ3v) is 5.45. The molecule has 0 aliphatic heterocycles. The number of amides is 1. The van der Waals surface area contributed by atoms with Crippen LogP contribution in [0.15, 0.2) is 34.5 Å². The van der Waals surface area contributed by atoms with Crippen LogP contribution in [0.25, 0.3) is 0 Å². The minimum absolute atomic E-state index is 0.0885. The minimum Gasteiger partial charge on any atom is -0.302 e. The molecule has 0 aliphatic rings. The van der Waals surface area contributed by atoms with E-state index < -0.39 is 9.84 Å². The maximum absolute atomic E-state index is 12.1. The highest BCUT2D eigenvalue weighted by molar-refractivity contribution is 7.91. The molecular formula is C14H16N2O3S2. The largest absolute Gasteiger partial charge is 0.302 e. The van der Waals surface area contributed by atoms with Crippen molar-refractivity contribution >= 4 is 32.2 Å². The van der Waals surface area contributed by atoms with Gasteiger partial charge in [0.15, 0.2) is 15.0 Å². The number of nitrogens with one attached hydrogen (secondary N) is 1. The Kier molecular flexibility index (Phi) is 4.74. The average molecular weight is 324 g/mol. The first-order chi connectivity index (χ1) is 9.87. The summed E-state index contributed by atoms with van der Waals surface area (Å²) in [6.45, 7) is 3.72. The van der Waals surface area contributed by atoms with E-state index in [4.69, 9.17) is 0 Å². The number of aryl methyl sites for hydroxylation is 2. The predicted octanol–water partition coefficient (Wildman–Crippen LogP) is 2.56. The Morgan fingerprint density at radius 2 is 1.90 bits per heavy atom. The summed E-state index contributed by atoms with van der Waals surface area (Å²) in [6, 6.07) is 6.61. The number of hydrogen-bond donors (Lipinski definition) is 1. The number of carbonyl (C=O) groups excluding carboxylic acids is 1. The standard InChI is InChI=1S/C14H16N2O3S2/c1-10-3-5-12(6-4-10)21(18,19)8-7-13(17)16-14-15-11(2)9-20-14/h3-6,9H,7-8H2,1-2H3,(H,15,16,17). The number of anilines is 1. The van der Waals surface area contributed by atoms with Crippen LogP contribution in [0.1, 0.15) is 17.7 Å². The number of carbonyl (C=O) groups is 1. The summed E-state index contributed by atoms with van der Waals surface area (Å²) in [6.07, 6.45) is -0.0885. The molecule has 7 heteroatoms. The molecule has 21 heavy (non-hydrogen) atoms. The van der Waals surface area contributed by atoms with Crippen LogP contribution in [0.4, 0.5) is 5.13 Å². The monoisotopic (exact) mass is 324 g/mol. The molecule has 0 saturated carbocycles. The second kappa shape index (κ2) is 6.36. The summed E-state index contributed by atoms with van der Waals surface area (Å²) in [5.41, 5.74) is 1.81. The highest BCUT2D eigenvalue weighted by Gasteiger charge is 2.16. The van der Waals surface area contributed by atoms with Gasteiger partial charge in [0.25, 0.3) is 0 Å². The zero-order valence-corrected chi connectivity index (χ0v) is 13.4.